The van der Waals surface area contributed by atoms with Gasteiger partial charge < -0.3 is 20.4 Å². The maximum Gasteiger partial charge on any atom is 0.250 e. The molecule has 0 saturated carbocycles. The Morgan fingerprint density at radius 2 is 2.22 bits per heavy atom. The summed E-state index contributed by atoms with van der Waals surface area (Å²) < 4.78 is 5.17. The van der Waals surface area contributed by atoms with Crippen molar-refractivity contribution in [2.24, 2.45) is 0 Å². The molecule has 1 heterocycles. The number of amides is 1. The third kappa shape index (κ3) is 4.84. The van der Waals surface area contributed by atoms with Crippen LogP contribution in [0, 0.1) is 0 Å². The van der Waals surface area contributed by atoms with Gasteiger partial charge in [0.2, 0.25) is 5.91 Å². The minimum atomic E-state index is -0.385. The number of rotatable bonds is 7. The quantitative estimate of drug-likeness (QED) is 0.715. The highest BCUT2D eigenvalue weighted by Gasteiger charge is 2.16. The molecular formula is C16H20N4O3. The van der Waals surface area contributed by atoms with Crippen LogP contribution in [0.5, 0.6) is 5.75 Å². The summed E-state index contributed by atoms with van der Waals surface area (Å²) in [5.74, 6) is 0.565. The van der Waals surface area contributed by atoms with Gasteiger partial charge in [-0.15, -0.1) is 0 Å². The third-order valence-corrected chi connectivity index (χ3v) is 3.31. The molecule has 0 fully saturated rings. The molecule has 1 atom stereocenters. The third-order valence-electron chi connectivity index (χ3n) is 3.31. The van der Waals surface area contributed by atoms with Crippen molar-refractivity contribution >= 4 is 11.6 Å². The Kier molecular flexibility index (Phi) is 5.74. The molecule has 0 spiro atoms. The van der Waals surface area contributed by atoms with Crippen molar-refractivity contribution in [1.82, 2.24) is 15.3 Å². The fourth-order valence-corrected chi connectivity index (χ4v) is 2.07. The highest BCUT2D eigenvalue weighted by atomic mass is 16.5. The lowest BCUT2D eigenvalue weighted by Gasteiger charge is -2.18. The van der Waals surface area contributed by atoms with Crippen LogP contribution in [0.3, 0.4) is 0 Å². The topological polar surface area (TPSA) is 96.1 Å². The van der Waals surface area contributed by atoms with Gasteiger partial charge in [0, 0.05) is 17.8 Å². The number of ether oxygens (including phenoxy) is 1. The van der Waals surface area contributed by atoms with Gasteiger partial charge in [0.15, 0.2) is 0 Å². The van der Waals surface area contributed by atoms with Crippen LogP contribution in [-0.2, 0) is 11.3 Å². The van der Waals surface area contributed by atoms with E-state index in [0.29, 0.717) is 12.1 Å². The number of anilines is 1. The Hall–Kier alpha value is -2.83. The number of hydrogen-bond acceptors (Lipinski definition) is 5. The van der Waals surface area contributed by atoms with Crippen LogP contribution in [0.1, 0.15) is 19.0 Å². The Labute approximate surface area is 134 Å². The van der Waals surface area contributed by atoms with Crippen LogP contribution in [0.25, 0.3) is 0 Å². The van der Waals surface area contributed by atoms with E-state index < -0.39 is 0 Å². The average molecular weight is 316 g/mol. The zero-order valence-corrected chi connectivity index (χ0v) is 13.1. The average Bonchev–Trinajstić information content (AvgIpc) is 2.58. The second kappa shape index (κ2) is 7.98. The van der Waals surface area contributed by atoms with Crippen molar-refractivity contribution in [2.75, 3.05) is 12.4 Å². The van der Waals surface area contributed by atoms with E-state index in [2.05, 4.69) is 20.6 Å². The van der Waals surface area contributed by atoms with Crippen LogP contribution >= 0.6 is 0 Å². The smallest absolute Gasteiger partial charge is 0.250 e. The first-order chi connectivity index (χ1) is 11.1. The van der Waals surface area contributed by atoms with Crippen LogP contribution in [0.4, 0.5) is 5.69 Å². The maximum absolute atomic E-state index is 12.3. The molecule has 1 aromatic carbocycles. The molecule has 0 bridgehead atoms. The Morgan fingerprint density at radius 3 is 2.91 bits per heavy atom. The van der Waals surface area contributed by atoms with E-state index in [4.69, 9.17) is 4.74 Å². The molecule has 1 amide bonds. The first kappa shape index (κ1) is 16.5. The summed E-state index contributed by atoms with van der Waals surface area (Å²) in [5.41, 5.74) is 1.07. The fraction of sp³-hybridized carbons (Fsp3) is 0.312. The monoisotopic (exact) mass is 316 g/mol. The molecule has 23 heavy (non-hydrogen) atoms. The molecular weight excluding hydrogens is 296 g/mol. The van der Waals surface area contributed by atoms with Gasteiger partial charge >= 0.3 is 0 Å². The summed E-state index contributed by atoms with van der Waals surface area (Å²) in [4.78, 5) is 29.9. The number of carbonyl (C=O) groups excluding carboxylic acids is 1. The normalized spacial score (nSPS) is 11.6. The number of hydrogen-bond donors (Lipinski definition) is 3. The molecule has 0 aliphatic carbocycles. The number of nitrogens with zero attached hydrogens (tertiary/aromatic N) is 1. The second-order valence-electron chi connectivity index (χ2n) is 4.96. The van der Waals surface area contributed by atoms with E-state index >= 15 is 0 Å². The summed E-state index contributed by atoms with van der Waals surface area (Å²) in [6.07, 6.45) is 1.93. The molecule has 7 heteroatoms. The summed E-state index contributed by atoms with van der Waals surface area (Å²) in [7, 11) is 1.59. The molecule has 2 aromatic rings. The van der Waals surface area contributed by atoms with Crippen molar-refractivity contribution in [3.8, 4) is 5.75 Å². The van der Waals surface area contributed by atoms with Crippen molar-refractivity contribution < 1.29 is 9.53 Å². The minimum Gasteiger partial charge on any atom is -0.497 e. The number of methoxy groups -OCH3 is 1. The standard InChI is InChI=1S/C16H20N4O3/c1-3-14(20-11-5-4-6-13(7-11)23-2)16(22)17-9-12-8-15(21)19-10-18-12/h4-8,10,14,20H,3,9H2,1-2H3,(H,17,22)(H,18,19,21). The lowest BCUT2D eigenvalue weighted by molar-refractivity contribution is -0.122. The number of benzene rings is 1. The minimum absolute atomic E-state index is 0.155. The van der Waals surface area contributed by atoms with Crippen molar-refractivity contribution in [3.05, 3.63) is 52.7 Å². The van der Waals surface area contributed by atoms with Gasteiger partial charge in [-0.2, -0.15) is 0 Å². The molecule has 0 aliphatic rings. The van der Waals surface area contributed by atoms with Crippen LogP contribution in [-0.4, -0.2) is 29.0 Å². The van der Waals surface area contributed by atoms with Gasteiger partial charge in [0.1, 0.15) is 11.8 Å². The number of H-pyrrole nitrogens is 1. The molecule has 7 nitrogen and oxygen atoms in total. The first-order valence-electron chi connectivity index (χ1n) is 7.34. The van der Waals surface area contributed by atoms with Gasteiger partial charge in [-0.25, -0.2) is 4.98 Å². The molecule has 0 aliphatic heterocycles. The predicted octanol–water partition coefficient (Wildman–Crippen LogP) is 1.29. The zero-order chi connectivity index (χ0) is 16.7. The van der Waals surface area contributed by atoms with E-state index in [1.165, 1.54) is 12.4 Å². The highest BCUT2D eigenvalue weighted by molar-refractivity contribution is 5.84. The molecule has 0 saturated heterocycles. The summed E-state index contributed by atoms with van der Waals surface area (Å²) >= 11 is 0. The van der Waals surface area contributed by atoms with Crippen molar-refractivity contribution in [2.45, 2.75) is 25.9 Å². The lowest BCUT2D eigenvalue weighted by atomic mass is 10.2. The van der Waals surface area contributed by atoms with E-state index in [-0.39, 0.29) is 24.1 Å². The Balaban J connectivity index is 1.96. The first-order valence-corrected chi connectivity index (χ1v) is 7.34. The van der Waals surface area contributed by atoms with Crippen LogP contribution in [0.2, 0.25) is 0 Å². The number of nitrogens with one attached hydrogen (secondary N) is 3. The van der Waals surface area contributed by atoms with Gasteiger partial charge in [0.25, 0.3) is 5.56 Å². The van der Waals surface area contributed by atoms with Crippen LogP contribution < -0.4 is 20.9 Å². The SMILES string of the molecule is CCC(Nc1cccc(OC)c1)C(=O)NCc1cc(=O)[nH]cn1. The molecule has 1 unspecified atom stereocenters. The highest BCUT2D eigenvalue weighted by Crippen LogP contribution is 2.18. The van der Waals surface area contributed by atoms with Gasteiger partial charge in [-0.05, 0) is 18.6 Å². The molecule has 0 radical (unpaired) electrons. The Bertz CT molecular complexity index is 714. The predicted molar refractivity (Wildman–Crippen MR) is 87.4 cm³/mol. The van der Waals surface area contributed by atoms with Gasteiger partial charge in [0.05, 0.1) is 25.7 Å². The molecule has 2 rings (SSSR count). The van der Waals surface area contributed by atoms with E-state index in [1.54, 1.807) is 7.11 Å². The second-order valence-corrected chi connectivity index (χ2v) is 4.96. The number of aromatic nitrogens is 2. The lowest BCUT2D eigenvalue weighted by Crippen LogP contribution is -2.39. The fourth-order valence-electron chi connectivity index (χ4n) is 2.07. The Morgan fingerprint density at radius 1 is 1.39 bits per heavy atom. The zero-order valence-electron chi connectivity index (χ0n) is 13.1. The largest absolute Gasteiger partial charge is 0.497 e. The molecule has 3 N–H and O–H groups in total. The van der Waals surface area contributed by atoms with Crippen LogP contribution in [0.15, 0.2) is 41.5 Å². The van der Waals surface area contributed by atoms with Crippen molar-refractivity contribution in [3.63, 3.8) is 0 Å². The van der Waals surface area contributed by atoms with E-state index in [1.807, 2.05) is 31.2 Å². The molecule has 1 aromatic heterocycles. The van der Waals surface area contributed by atoms with Gasteiger partial charge in [-0.3, -0.25) is 9.59 Å². The summed E-state index contributed by atoms with van der Waals surface area (Å²) in [6, 6.07) is 8.36. The number of aromatic amines is 1. The van der Waals surface area contributed by atoms with E-state index in [0.717, 1.165) is 11.4 Å². The number of carbonyl (C=O) groups is 1. The molecule has 122 valence electrons. The summed E-state index contributed by atoms with van der Waals surface area (Å²) in [5, 5.41) is 5.95. The van der Waals surface area contributed by atoms with E-state index in [9.17, 15) is 9.59 Å². The summed E-state index contributed by atoms with van der Waals surface area (Å²) in [6.45, 7) is 2.13. The van der Waals surface area contributed by atoms with Gasteiger partial charge in [-0.1, -0.05) is 13.0 Å². The van der Waals surface area contributed by atoms with Crippen molar-refractivity contribution in [1.29, 1.82) is 0 Å². The maximum atomic E-state index is 12.3.